The number of carboxylic acid groups (broad SMARTS) is 1. The van der Waals surface area contributed by atoms with Crippen molar-refractivity contribution in [2.45, 2.75) is 26.7 Å². The van der Waals surface area contributed by atoms with Gasteiger partial charge < -0.3 is 5.11 Å². The number of rotatable bonds is 2. The second-order valence-electron chi connectivity index (χ2n) is 4.67. The molecule has 5 nitrogen and oxygen atoms in total. The van der Waals surface area contributed by atoms with E-state index in [1.54, 1.807) is 6.92 Å². The van der Waals surface area contributed by atoms with Crippen LogP contribution < -0.4 is 0 Å². The van der Waals surface area contributed by atoms with Crippen LogP contribution in [0.3, 0.4) is 0 Å². The number of allylic oxidation sites excluding steroid dienone is 2. The SMILES string of the molecule is Cc1cc(C)n(C(=O)[C@H]2CC=CC[C@H]2C(=O)O)n1. The summed E-state index contributed by atoms with van der Waals surface area (Å²) in [5, 5.41) is 13.3. The Hall–Kier alpha value is -1.91. The minimum Gasteiger partial charge on any atom is -0.481 e. The number of aromatic nitrogens is 2. The summed E-state index contributed by atoms with van der Waals surface area (Å²) in [6, 6.07) is 1.81. The van der Waals surface area contributed by atoms with Gasteiger partial charge in [0.05, 0.1) is 17.5 Å². The number of hydrogen-bond donors (Lipinski definition) is 1. The highest BCUT2D eigenvalue weighted by Gasteiger charge is 2.35. The van der Waals surface area contributed by atoms with Crippen LogP contribution in [0.2, 0.25) is 0 Å². The Morgan fingerprint density at radius 1 is 1.28 bits per heavy atom. The van der Waals surface area contributed by atoms with Gasteiger partial charge in [0.25, 0.3) is 5.91 Å². The lowest BCUT2D eigenvalue weighted by Gasteiger charge is -2.23. The number of carboxylic acids is 1. The Morgan fingerprint density at radius 3 is 2.39 bits per heavy atom. The highest BCUT2D eigenvalue weighted by atomic mass is 16.4. The van der Waals surface area contributed by atoms with Crippen LogP contribution in [-0.2, 0) is 4.79 Å². The topological polar surface area (TPSA) is 72.2 Å². The molecule has 0 fully saturated rings. The molecule has 0 saturated heterocycles. The van der Waals surface area contributed by atoms with Gasteiger partial charge in [-0.3, -0.25) is 9.59 Å². The van der Waals surface area contributed by atoms with Gasteiger partial charge in [0, 0.05) is 5.69 Å². The molecule has 0 aromatic carbocycles. The fourth-order valence-corrected chi connectivity index (χ4v) is 2.37. The summed E-state index contributed by atoms with van der Waals surface area (Å²) in [7, 11) is 0. The van der Waals surface area contributed by atoms with Gasteiger partial charge in [-0.15, -0.1) is 0 Å². The maximum atomic E-state index is 12.4. The molecule has 1 heterocycles. The van der Waals surface area contributed by atoms with Crippen molar-refractivity contribution in [3.63, 3.8) is 0 Å². The molecule has 0 radical (unpaired) electrons. The first kappa shape index (κ1) is 12.5. The third kappa shape index (κ3) is 2.20. The van der Waals surface area contributed by atoms with E-state index in [0.29, 0.717) is 12.8 Å². The van der Waals surface area contributed by atoms with Crippen LogP contribution in [0, 0.1) is 25.7 Å². The zero-order valence-electron chi connectivity index (χ0n) is 10.5. The van der Waals surface area contributed by atoms with Crippen molar-refractivity contribution in [1.29, 1.82) is 0 Å². The number of aryl methyl sites for hydroxylation is 2. The monoisotopic (exact) mass is 248 g/mol. The highest BCUT2D eigenvalue weighted by molar-refractivity contribution is 5.87. The molecule has 0 aliphatic heterocycles. The van der Waals surface area contributed by atoms with Gasteiger partial charge in [0.1, 0.15) is 0 Å². The minimum absolute atomic E-state index is 0.225. The molecule has 2 rings (SSSR count). The van der Waals surface area contributed by atoms with E-state index in [-0.39, 0.29) is 5.91 Å². The molecule has 1 N–H and O–H groups in total. The molecule has 0 unspecified atom stereocenters. The smallest absolute Gasteiger partial charge is 0.307 e. The molecule has 96 valence electrons. The van der Waals surface area contributed by atoms with E-state index in [9.17, 15) is 9.59 Å². The lowest BCUT2D eigenvalue weighted by Crippen LogP contribution is -2.35. The fourth-order valence-electron chi connectivity index (χ4n) is 2.37. The Balaban J connectivity index is 2.30. The lowest BCUT2D eigenvalue weighted by molar-refractivity contribution is -0.143. The molecule has 1 aromatic rings. The highest BCUT2D eigenvalue weighted by Crippen LogP contribution is 2.27. The lowest BCUT2D eigenvalue weighted by atomic mass is 9.82. The first-order valence-electron chi connectivity index (χ1n) is 5.96. The molecular weight excluding hydrogens is 232 g/mol. The Kier molecular flexibility index (Phi) is 3.32. The first-order valence-corrected chi connectivity index (χ1v) is 5.96. The average Bonchev–Trinajstić information content (AvgIpc) is 2.67. The zero-order chi connectivity index (χ0) is 13.3. The summed E-state index contributed by atoms with van der Waals surface area (Å²) >= 11 is 0. The molecular formula is C13H16N2O3. The van der Waals surface area contributed by atoms with Crippen molar-refractivity contribution in [3.8, 4) is 0 Å². The van der Waals surface area contributed by atoms with Gasteiger partial charge >= 0.3 is 5.97 Å². The van der Waals surface area contributed by atoms with Crippen LogP contribution in [0.1, 0.15) is 29.0 Å². The van der Waals surface area contributed by atoms with E-state index >= 15 is 0 Å². The third-order valence-corrected chi connectivity index (χ3v) is 3.29. The molecule has 0 spiro atoms. The van der Waals surface area contributed by atoms with Crippen LogP contribution in [-0.4, -0.2) is 26.8 Å². The maximum Gasteiger partial charge on any atom is 0.307 e. The molecule has 5 heteroatoms. The minimum atomic E-state index is -0.917. The normalized spacial score (nSPS) is 23.0. The van der Waals surface area contributed by atoms with Crippen LogP contribution in [0.5, 0.6) is 0 Å². The number of carbonyl (C=O) groups excluding carboxylic acids is 1. The summed E-state index contributed by atoms with van der Waals surface area (Å²) in [6.45, 7) is 3.61. The van der Waals surface area contributed by atoms with Gasteiger partial charge in [-0.1, -0.05) is 12.2 Å². The predicted molar refractivity (Wildman–Crippen MR) is 65.3 cm³/mol. The number of carbonyl (C=O) groups is 2. The largest absolute Gasteiger partial charge is 0.481 e. The van der Waals surface area contributed by atoms with E-state index in [4.69, 9.17) is 5.11 Å². The van der Waals surface area contributed by atoms with Gasteiger partial charge in [0.15, 0.2) is 0 Å². The Labute approximate surface area is 105 Å². The van der Waals surface area contributed by atoms with E-state index in [1.807, 2.05) is 25.1 Å². The van der Waals surface area contributed by atoms with Gasteiger partial charge in [-0.2, -0.15) is 5.10 Å². The predicted octanol–water partition coefficient (Wildman–Crippen LogP) is 1.81. The first-order chi connectivity index (χ1) is 8.50. The van der Waals surface area contributed by atoms with Gasteiger partial charge in [-0.05, 0) is 32.8 Å². The molecule has 0 saturated carbocycles. The van der Waals surface area contributed by atoms with Crippen molar-refractivity contribution in [2.24, 2.45) is 11.8 Å². The van der Waals surface area contributed by atoms with Gasteiger partial charge in [-0.25, -0.2) is 4.68 Å². The number of nitrogens with zero attached hydrogens (tertiary/aromatic N) is 2. The summed E-state index contributed by atoms with van der Waals surface area (Å²) in [5.41, 5.74) is 1.51. The van der Waals surface area contributed by atoms with E-state index in [0.717, 1.165) is 11.4 Å². The van der Waals surface area contributed by atoms with E-state index in [2.05, 4.69) is 5.10 Å². The fraction of sp³-hybridized carbons (Fsp3) is 0.462. The van der Waals surface area contributed by atoms with Crippen molar-refractivity contribution in [2.75, 3.05) is 0 Å². The standard InChI is InChI=1S/C13H16N2O3/c1-8-7-9(2)15(14-8)12(16)10-5-3-4-6-11(10)13(17)18/h3-4,7,10-11H,5-6H2,1-2H3,(H,17,18)/t10-,11+/m0/s1. The Morgan fingerprint density at radius 2 is 1.89 bits per heavy atom. The second-order valence-corrected chi connectivity index (χ2v) is 4.67. The van der Waals surface area contributed by atoms with Crippen molar-refractivity contribution >= 4 is 11.9 Å². The van der Waals surface area contributed by atoms with Crippen molar-refractivity contribution < 1.29 is 14.7 Å². The van der Waals surface area contributed by atoms with E-state index < -0.39 is 17.8 Å². The van der Waals surface area contributed by atoms with Crippen LogP contribution in [0.25, 0.3) is 0 Å². The van der Waals surface area contributed by atoms with Crippen LogP contribution in [0.15, 0.2) is 18.2 Å². The molecule has 1 aliphatic rings. The number of aliphatic carboxylic acids is 1. The Bertz CT molecular complexity index is 516. The summed E-state index contributed by atoms with van der Waals surface area (Å²) in [4.78, 5) is 23.5. The van der Waals surface area contributed by atoms with E-state index in [1.165, 1.54) is 4.68 Å². The number of hydrogen-bond acceptors (Lipinski definition) is 3. The van der Waals surface area contributed by atoms with Crippen molar-refractivity contribution in [1.82, 2.24) is 9.78 Å². The van der Waals surface area contributed by atoms with Gasteiger partial charge in [0.2, 0.25) is 0 Å². The molecule has 2 atom stereocenters. The second kappa shape index (κ2) is 4.76. The summed E-state index contributed by atoms with van der Waals surface area (Å²) < 4.78 is 1.33. The summed E-state index contributed by atoms with van der Waals surface area (Å²) in [5.74, 6) is -2.31. The van der Waals surface area contributed by atoms with Crippen molar-refractivity contribution in [3.05, 3.63) is 29.6 Å². The third-order valence-electron chi connectivity index (χ3n) is 3.29. The van der Waals surface area contributed by atoms with Crippen LogP contribution in [0.4, 0.5) is 0 Å². The average molecular weight is 248 g/mol. The molecule has 1 aliphatic carbocycles. The summed E-state index contributed by atoms with van der Waals surface area (Å²) in [6.07, 6.45) is 4.57. The molecule has 0 amide bonds. The quantitative estimate of drug-likeness (QED) is 0.810. The molecule has 18 heavy (non-hydrogen) atoms. The molecule has 1 aromatic heterocycles. The zero-order valence-corrected chi connectivity index (χ0v) is 10.5. The molecule has 0 bridgehead atoms. The maximum absolute atomic E-state index is 12.4. The van der Waals surface area contributed by atoms with Crippen LogP contribution >= 0.6 is 0 Å².